The summed E-state index contributed by atoms with van der Waals surface area (Å²) in [6, 6.07) is 9.27. The molecular weight excluding hydrogens is 380 g/mol. The van der Waals surface area contributed by atoms with E-state index in [1.165, 1.54) is 36.8 Å². The van der Waals surface area contributed by atoms with E-state index < -0.39 is 0 Å². The van der Waals surface area contributed by atoms with Crippen LogP contribution in [0.3, 0.4) is 0 Å². The van der Waals surface area contributed by atoms with Crippen LogP contribution in [0.15, 0.2) is 24.3 Å². The van der Waals surface area contributed by atoms with Gasteiger partial charge in [-0.25, -0.2) is 0 Å². The molecule has 4 heterocycles. The Bertz CT molecular complexity index is 585. The molecule has 0 radical (unpaired) electrons. The van der Waals surface area contributed by atoms with Crippen LogP contribution in [0.25, 0.3) is 0 Å². The van der Waals surface area contributed by atoms with Crippen LogP contribution in [0.2, 0.25) is 0 Å². The molecule has 166 valence electrons. The standard InChI is InChI=1S/C24H36N2O4/c1-2-20(18-26-11-7-22(8-12-26)24-29-15-16-30-24)4-3-19(1)17-25-9-5-21(6-10-25)23-27-13-14-28-23/h1-4,21-24H,5-18H2. The Balaban J connectivity index is 1.04. The third-order valence-corrected chi connectivity index (χ3v) is 7.16. The molecule has 0 saturated carbocycles. The third kappa shape index (κ3) is 5.23. The van der Waals surface area contributed by atoms with Crippen LogP contribution < -0.4 is 0 Å². The predicted molar refractivity (Wildman–Crippen MR) is 114 cm³/mol. The minimum atomic E-state index is 0.0507. The average Bonchev–Trinajstić information content (AvgIpc) is 3.51. The fraction of sp³-hybridized carbons (Fsp3) is 0.750. The molecule has 4 fully saturated rings. The highest BCUT2D eigenvalue weighted by Gasteiger charge is 2.31. The fourth-order valence-electron chi connectivity index (χ4n) is 5.33. The Labute approximate surface area is 180 Å². The van der Waals surface area contributed by atoms with E-state index >= 15 is 0 Å². The van der Waals surface area contributed by atoms with Crippen molar-refractivity contribution in [1.82, 2.24) is 9.80 Å². The predicted octanol–water partition coefficient (Wildman–Crippen LogP) is 2.86. The first-order valence-corrected chi connectivity index (χ1v) is 11.8. The van der Waals surface area contributed by atoms with Crippen LogP contribution >= 0.6 is 0 Å². The SMILES string of the molecule is c1cc(CN2CCC(C3OCCO3)CC2)ccc1CN1CCC(C2OCCO2)CC1. The number of benzene rings is 1. The molecule has 0 bridgehead atoms. The van der Waals surface area contributed by atoms with Crippen molar-refractivity contribution >= 4 is 0 Å². The normalized spacial score (nSPS) is 26.7. The van der Waals surface area contributed by atoms with Crippen molar-refractivity contribution in [2.75, 3.05) is 52.6 Å². The van der Waals surface area contributed by atoms with Crippen molar-refractivity contribution in [2.45, 2.75) is 51.4 Å². The molecule has 0 atom stereocenters. The Kier molecular flexibility index (Phi) is 7.00. The third-order valence-electron chi connectivity index (χ3n) is 7.16. The number of ether oxygens (including phenoxy) is 4. The topological polar surface area (TPSA) is 43.4 Å². The summed E-state index contributed by atoms with van der Waals surface area (Å²) >= 11 is 0. The van der Waals surface area contributed by atoms with Gasteiger partial charge < -0.3 is 18.9 Å². The van der Waals surface area contributed by atoms with Gasteiger partial charge in [0.25, 0.3) is 0 Å². The fourth-order valence-corrected chi connectivity index (χ4v) is 5.33. The number of piperidine rings is 2. The highest BCUT2D eigenvalue weighted by atomic mass is 16.7. The molecule has 1 aromatic carbocycles. The lowest BCUT2D eigenvalue weighted by molar-refractivity contribution is -0.0979. The number of hydrogen-bond donors (Lipinski definition) is 0. The second-order valence-electron chi connectivity index (χ2n) is 9.26. The van der Waals surface area contributed by atoms with Crippen LogP contribution in [0.1, 0.15) is 36.8 Å². The minimum absolute atomic E-state index is 0.0507. The van der Waals surface area contributed by atoms with E-state index in [1.54, 1.807) is 0 Å². The van der Waals surface area contributed by atoms with Crippen LogP contribution in [0, 0.1) is 11.8 Å². The summed E-state index contributed by atoms with van der Waals surface area (Å²) in [5, 5.41) is 0. The van der Waals surface area contributed by atoms with Gasteiger partial charge in [0.2, 0.25) is 0 Å². The van der Waals surface area contributed by atoms with Crippen LogP contribution in [-0.2, 0) is 32.0 Å². The first-order chi connectivity index (χ1) is 14.8. The van der Waals surface area contributed by atoms with Gasteiger partial charge in [0, 0.05) is 24.9 Å². The minimum Gasteiger partial charge on any atom is -0.350 e. The van der Waals surface area contributed by atoms with E-state index in [4.69, 9.17) is 18.9 Å². The highest BCUT2D eigenvalue weighted by molar-refractivity contribution is 5.22. The molecule has 0 unspecified atom stereocenters. The summed E-state index contributed by atoms with van der Waals surface area (Å²) in [6.07, 6.45) is 4.81. The number of likely N-dealkylation sites (tertiary alicyclic amines) is 2. The maximum atomic E-state index is 5.70. The maximum Gasteiger partial charge on any atom is 0.160 e. The van der Waals surface area contributed by atoms with Gasteiger partial charge in [-0.2, -0.15) is 0 Å². The summed E-state index contributed by atoms with van der Waals surface area (Å²) in [7, 11) is 0. The van der Waals surface area contributed by atoms with E-state index in [1.807, 2.05) is 0 Å². The van der Waals surface area contributed by atoms with Gasteiger partial charge in [-0.3, -0.25) is 9.80 Å². The Morgan fingerprint density at radius 1 is 0.567 bits per heavy atom. The zero-order valence-corrected chi connectivity index (χ0v) is 18.0. The Morgan fingerprint density at radius 3 is 1.23 bits per heavy atom. The lowest BCUT2D eigenvalue weighted by Crippen LogP contribution is -2.38. The van der Waals surface area contributed by atoms with Crippen molar-refractivity contribution in [3.8, 4) is 0 Å². The Morgan fingerprint density at radius 2 is 0.900 bits per heavy atom. The molecular formula is C24H36N2O4. The van der Waals surface area contributed by atoms with Crippen molar-refractivity contribution in [3.63, 3.8) is 0 Å². The Hall–Kier alpha value is -1.02. The van der Waals surface area contributed by atoms with Crippen LogP contribution in [0.5, 0.6) is 0 Å². The second-order valence-corrected chi connectivity index (χ2v) is 9.26. The summed E-state index contributed by atoms with van der Waals surface area (Å²) in [4.78, 5) is 5.14. The van der Waals surface area contributed by atoms with E-state index in [-0.39, 0.29) is 12.6 Å². The monoisotopic (exact) mass is 416 g/mol. The van der Waals surface area contributed by atoms with Crippen molar-refractivity contribution in [1.29, 1.82) is 0 Å². The van der Waals surface area contributed by atoms with Gasteiger partial charge in [-0.15, -0.1) is 0 Å². The average molecular weight is 417 g/mol. The van der Waals surface area contributed by atoms with Crippen molar-refractivity contribution < 1.29 is 18.9 Å². The maximum absolute atomic E-state index is 5.70. The zero-order chi connectivity index (χ0) is 20.2. The molecule has 1 aromatic rings. The quantitative estimate of drug-likeness (QED) is 0.711. The molecule has 6 heteroatoms. The van der Waals surface area contributed by atoms with E-state index in [2.05, 4.69) is 34.1 Å². The first kappa shape index (κ1) is 20.9. The highest BCUT2D eigenvalue weighted by Crippen LogP contribution is 2.28. The van der Waals surface area contributed by atoms with E-state index in [0.717, 1.165) is 65.7 Å². The van der Waals surface area contributed by atoms with E-state index in [0.29, 0.717) is 11.8 Å². The molecule has 0 spiro atoms. The molecule has 4 aliphatic heterocycles. The van der Waals surface area contributed by atoms with Gasteiger partial charge in [-0.1, -0.05) is 24.3 Å². The zero-order valence-electron chi connectivity index (χ0n) is 18.0. The van der Waals surface area contributed by atoms with Gasteiger partial charge >= 0.3 is 0 Å². The molecule has 0 N–H and O–H groups in total. The van der Waals surface area contributed by atoms with Crippen molar-refractivity contribution in [3.05, 3.63) is 35.4 Å². The smallest absolute Gasteiger partial charge is 0.160 e. The lowest BCUT2D eigenvalue weighted by atomic mass is 9.95. The van der Waals surface area contributed by atoms with E-state index in [9.17, 15) is 0 Å². The molecule has 4 saturated heterocycles. The largest absolute Gasteiger partial charge is 0.350 e. The number of nitrogens with zero attached hydrogens (tertiary/aromatic N) is 2. The van der Waals surface area contributed by atoms with Crippen LogP contribution in [-0.4, -0.2) is 75.0 Å². The second kappa shape index (κ2) is 10.1. The molecule has 0 aromatic heterocycles. The first-order valence-electron chi connectivity index (χ1n) is 11.8. The number of rotatable bonds is 6. The molecule has 5 rings (SSSR count). The molecule has 4 aliphatic rings. The van der Waals surface area contributed by atoms with Crippen molar-refractivity contribution in [2.24, 2.45) is 11.8 Å². The van der Waals surface area contributed by atoms with Gasteiger partial charge in [0.1, 0.15) is 0 Å². The summed E-state index contributed by atoms with van der Waals surface area (Å²) < 4.78 is 22.8. The lowest BCUT2D eigenvalue weighted by Gasteiger charge is -2.34. The number of hydrogen-bond acceptors (Lipinski definition) is 6. The molecule has 6 nitrogen and oxygen atoms in total. The van der Waals surface area contributed by atoms with Crippen LogP contribution in [0.4, 0.5) is 0 Å². The van der Waals surface area contributed by atoms with Gasteiger partial charge in [-0.05, 0) is 63.0 Å². The summed E-state index contributed by atoms with van der Waals surface area (Å²) in [5.74, 6) is 1.14. The van der Waals surface area contributed by atoms with Gasteiger partial charge in [0.05, 0.1) is 26.4 Å². The van der Waals surface area contributed by atoms with Gasteiger partial charge in [0.15, 0.2) is 12.6 Å². The summed E-state index contributed by atoms with van der Waals surface area (Å²) in [5.41, 5.74) is 2.83. The molecule has 0 amide bonds. The molecule has 30 heavy (non-hydrogen) atoms. The summed E-state index contributed by atoms with van der Waals surface area (Å²) in [6.45, 7) is 9.70. The molecule has 0 aliphatic carbocycles.